The van der Waals surface area contributed by atoms with Crippen LogP contribution in [0.5, 0.6) is 0 Å². The third-order valence-corrected chi connectivity index (χ3v) is 3.36. The van der Waals surface area contributed by atoms with Gasteiger partial charge in [0, 0.05) is 17.4 Å². The number of aliphatic carboxylic acids is 1. The second-order valence-corrected chi connectivity index (χ2v) is 4.83. The third kappa shape index (κ3) is 3.14. The van der Waals surface area contributed by atoms with Gasteiger partial charge in [0.2, 0.25) is 0 Å². The Bertz CT molecular complexity index is 516. The molecule has 1 aromatic heterocycles. The average molecular weight is 247 g/mol. The third-order valence-electron chi connectivity index (χ3n) is 2.45. The SMILES string of the molecule is Cc1ccc(-c2csc(CCC(=O)O)n2)cc1. The van der Waals surface area contributed by atoms with Gasteiger partial charge in [-0.1, -0.05) is 29.8 Å². The van der Waals surface area contributed by atoms with Crippen molar-refractivity contribution in [2.24, 2.45) is 0 Å². The summed E-state index contributed by atoms with van der Waals surface area (Å²) in [7, 11) is 0. The van der Waals surface area contributed by atoms with E-state index in [1.54, 1.807) is 0 Å². The van der Waals surface area contributed by atoms with Crippen molar-refractivity contribution in [3.05, 3.63) is 40.2 Å². The molecule has 3 nitrogen and oxygen atoms in total. The van der Waals surface area contributed by atoms with E-state index in [4.69, 9.17) is 5.11 Å². The van der Waals surface area contributed by atoms with E-state index >= 15 is 0 Å². The Kier molecular flexibility index (Phi) is 3.54. The zero-order valence-electron chi connectivity index (χ0n) is 9.51. The second kappa shape index (κ2) is 5.10. The van der Waals surface area contributed by atoms with Crippen LogP contribution >= 0.6 is 11.3 Å². The number of thiazole rings is 1. The van der Waals surface area contributed by atoms with Crippen LogP contribution in [0.3, 0.4) is 0 Å². The lowest BCUT2D eigenvalue weighted by molar-refractivity contribution is -0.136. The molecule has 2 aromatic rings. The van der Waals surface area contributed by atoms with Crippen LogP contribution in [0.2, 0.25) is 0 Å². The van der Waals surface area contributed by atoms with E-state index in [1.807, 2.05) is 36.6 Å². The minimum absolute atomic E-state index is 0.140. The molecule has 17 heavy (non-hydrogen) atoms. The standard InChI is InChI=1S/C13H13NO2S/c1-9-2-4-10(5-3-9)11-8-17-12(14-11)6-7-13(15)16/h2-5,8H,6-7H2,1H3,(H,15,16). The molecule has 4 heteroatoms. The molecule has 1 heterocycles. The maximum atomic E-state index is 10.5. The summed E-state index contributed by atoms with van der Waals surface area (Å²) in [5.41, 5.74) is 3.22. The quantitative estimate of drug-likeness (QED) is 0.903. The van der Waals surface area contributed by atoms with E-state index in [1.165, 1.54) is 16.9 Å². The number of hydrogen-bond acceptors (Lipinski definition) is 3. The maximum Gasteiger partial charge on any atom is 0.303 e. The topological polar surface area (TPSA) is 50.2 Å². The van der Waals surface area contributed by atoms with Crippen LogP contribution in [0.15, 0.2) is 29.6 Å². The molecule has 0 saturated heterocycles. The van der Waals surface area contributed by atoms with Crippen LogP contribution in [0.25, 0.3) is 11.3 Å². The number of carboxylic acids is 1. The Morgan fingerprint density at radius 2 is 2.06 bits per heavy atom. The van der Waals surface area contributed by atoms with Crippen LogP contribution in [0, 0.1) is 6.92 Å². The predicted octanol–water partition coefficient (Wildman–Crippen LogP) is 3.14. The molecule has 0 amide bonds. The summed E-state index contributed by atoms with van der Waals surface area (Å²) in [4.78, 5) is 14.9. The fourth-order valence-electron chi connectivity index (χ4n) is 1.50. The van der Waals surface area contributed by atoms with Crippen molar-refractivity contribution in [1.82, 2.24) is 4.98 Å². The fraction of sp³-hybridized carbons (Fsp3) is 0.231. The number of carbonyl (C=O) groups is 1. The van der Waals surface area contributed by atoms with E-state index in [2.05, 4.69) is 4.98 Å². The predicted molar refractivity (Wildman–Crippen MR) is 68.2 cm³/mol. The van der Waals surface area contributed by atoms with E-state index < -0.39 is 5.97 Å². The van der Waals surface area contributed by atoms with Crippen LogP contribution < -0.4 is 0 Å². The van der Waals surface area contributed by atoms with E-state index in [-0.39, 0.29) is 6.42 Å². The van der Waals surface area contributed by atoms with Gasteiger partial charge >= 0.3 is 5.97 Å². The number of nitrogens with zero attached hydrogens (tertiary/aromatic N) is 1. The zero-order valence-corrected chi connectivity index (χ0v) is 10.3. The minimum Gasteiger partial charge on any atom is -0.481 e. The molecule has 0 radical (unpaired) electrons. The number of hydrogen-bond donors (Lipinski definition) is 1. The van der Waals surface area contributed by atoms with Crippen molar-refractivity contribution in [2.75, 3.05) is 0 Å². The van der Waals surface area contributed by atoms with Gasteiger partial charge in [-0.2, -0.15) is 0 Å². The van der Waals surface area contributed by atoms with E-state index in [0.29, 0.717) is 6.42 Å². The second-order valence-electron chi connectivity index (χ2n) is 3.89. The molecule has 0 aliphatic heterocycles. The molecule has 1 N–H and O–H groups in total. The first-order valence-electron chi connectivity index (χ1n) is 5.38. The summed E-state index contributed by atoms with van der Waals surface area (Å²) in [6.45, 7) is 2.04. The first-order chi connectivity index (χ1) is 8.15. The molecule has 0 spiro atoms. The zero-order chi connectivity index (χ0) is 12.3. The molecular weight excluding hydrogens is 234 g/mol. The van der Waals surface area contributed by atoms with Gasteiger partial charge in [-0.25, -0.2) is 4.98 Å². The molecule has 0 fully saturated rings. The lowest BCUT2D eigenvalue weighted by Gasteiger charge is -1.97. The van der Waals surface area contributed by atoms with Gasteiger partial charge < -0.3 is 5.11 Å². The molecule has 0 aliphatic rings. The molecule has 0 unspecified atom stereocenters. The molecule has 88 valence electrons. The first kappa shape index (κ1) is 11.8. The Balaban J connectivity index is 2.12. The highest BCUT2D eigenvalue weighted by Crippen LogP contribution is 2.22. The molecule has 0 aliphatic carbocycles. The summed E-state index contributed by atoms with van der Waals surface area (Å²) in [6.07, 6.45) is 0.646. The van der Waals surface area contributed by atoms with Crippen LogP contribution in [0.1, 0.15) is 17.0 Å². The van der Waals surface area contributed by atoms with Gasteiger partial charge in [0.25, 0.3) is 0 Å². The fourth-order valence-corrected chi connectivity index (χ4v) is 2.30. The van der Waals surface area contributed by atoms with Crippen LogP contribution in [0.4, 0.5) is 0 Å². The highest BCUT2D eigenvalue weighted by Gasteiger charge is 2.06. The summed E-state index contributed by atoms with van der Waals surface area (Å²) in [5.74, 6) is -0.780. The lowest BCUT2D eigenvalue weighted by Crippen LogP contribution is -1.96. The number of rotatable bonds is 4. The molecule has 2 rings (SSSR count). The highest BCUT2D eigenvalue weighted by molar-refractivity contribution is 7.09. The van der Waals surface area contributed by atoms with E-state index in [0.717, 1.165) is 16.3 Å². The Morgan fingerprint density at radius 1 is 1.35 bits per heavy atom. The minimum atomic E-state index is -0.780. The molecule has 0 atom stereocenters. The number of benzene rings is 1. The highest BCUT2D eigenvalue weighted by atomic mass is 32.1. The van der Waals surface area contributed by atoms with Crippen molar-refractivity contribution >= 4 is 17.3 Å². The van der Waals surface area contributed by atoms with Gasteiger partial charge in [-0.05, 0) is 6.92 Å². The van der Waals surface area contributed by atoms with Gasteiger partial charge in [-0.3, -0.25) is 4.79 Å². The first-order valence-corrected chi connectivity index (χ1v) is 6.26. The number of aromatic nitrogens is 1. The van der Waals surface area contributed by atoms with E-state index in [9.17, 15) is 4.79 Å². The summed E-state index contributed by atoms with van der Waals surface area (Å²) in [6, 6.07) is 8.16. The van der Waals surface area contributed by atoms with Gasteiger partial charge in [0.05, 0.1) is 17.1 Å². The largest absolute Gasteiger partial charge is 0.481 e. The number of carboxylic acid groups (broad SMARTS) is 1. The molecule has 0 saturated carbocycles. The van der Waals surface area contributed by atoms with Gasteiger partial charge in [0.1, 0.15) is 0 Å². The average Bonchev–Trinajstić information content (AvgIpc) is 2.76. The smallest absolute Gasteiger partial charge is 0.303 e. The van der Waals surface area contributed by atoms with Crippen molar-refractivity contribution in [3.8, 4) is 11.3 Å². The normalized spacial score (nSPS) is 10.4. The summed E-state index contributed by atoms with van der Waals surface area (Å²) < 4.78 is 0. The molecule has 0 bridgehead atoms. The Morgan fingerprint density at radius 3 is 2.71 bits per heavy atom. The number of aryl methyl sites for hydroxylation is 2. The molecule has 1 aromatic carbocycles. The lowest BCUT2D eigenvalue weighted by atomic mass is 10.1. The van der Waals surface area contributed by atoms with Crippen molar-refractivity contribution in [2.45, 2.75) is 19.8 Å². The van der Waals surface area contributed by atoms with Gasteiger partial charge in [-0.15, -0.1) is 11.3 Å². The Hall–Kier alpha value is -1.68. The summed E-state index contributed by atoms with van der Waals surface area (Å²) in [5, 5.41) is 11.5. The molecular formula is C13H13NO2S. The Labute approximate surface area is 104 Å². The van der Waals surface area contributed by atoms with Crippen molar-refractivity contribution < 1.29 is 9.90 Å². The van der Waals surface area contributed by atoms with Crippen molar-refractivity contribution in [3.63, 3.8) is 0 Å². The maximum absolute atomic E-state index is 10.5. The van der Waals surface area contributed by atoms with Crippen LogP contribution in [-0.2, 0) is 11.2 Å². The summed E-state index contributed by atoms with van der Waals surface area (Å²) >= 11 is 1.52. The van der Waals surface area contributed by atoms with Gasteiger partial charge in [0.15, 0.2) is 0 Å². The van der Waals surface area contributed by atoms with Crippen molar-refractivity contribution in [1.29, 1.82) is 0 Å². The van der Waals surface area contributed by atoms with Crippen LogP contribution in [-0.4, -0.2) is 16.1 Å². The monoisotopic (exact) mass is 247 g/mol.